The zero-order valence-corrected chi connectivity index (χ0v) is 10.1. The number of carbonyl (C=O) groups is 1. The highest BCUT2D eigenvalue weighted by atomic mass is 19.1. The fraction of sp³-hybridized carbons (Fsp3) is 0.308. The van der Waals surface area contributed by atoms with Crippen molar-refractivity contribution < 1.29 is 18.7 Å². The van der Waals surface area contributed by atoms with Crippen molar-refractivity contribution in [2.75, 3.05) is 18.0 Å². The van der Waals surface area contributed by atoms with Gasteiger partial charge in [0.25, 0.3) is 0 Å². The van der Waals surface area contributed by atoms with Crippen molar-refractivity contribution in [1.82, 2.24) is 0 Å². The maximum atomic E-state index is 13.6. The summed E-state index contributed by atoms with van der Waals surface area (Å²) in [6.07, 6.45) is 1.54. The van der Waals surface area contributed by atoms with Gasteiger partial charge >= 0.3 is 5.97 Å². The number of halogens is 2. The van der Waals surface area contributed by atoms with Crippen LogP contribution in [0.1, 0.15) is 6.92 Å². The first-order chi connectivity index (χ1) is 8.45. The second-order valence-electron chi connectivity index (χ2n) is 4.03. The second-order valence-corrected chi connectivity index (χ2v) is 4.03. The van der Waals surface area contributed by atoms with Crippen LogP contribution in [0.15, 0.2) is 30.9 Å². The van der Waals surface area contributed by atoms with Gasteiger partial charge in [-0.1, -0.05) is 13.0 Å². The van der Waals surface area contributed by atoms with Crippen molar-refractivity contribution in [2.24, 2.45) is 5.92 Å². The van der Waals surface area contributed by atoms with Gasteiger partial charge in [-0.25, -0.2) is 8.78 Å². The van der Waals surface area contributed by atoms with E-state index in [2.05, 4.69) is 6.58 Å². The lowest BCUT2D eigenvalue weighted by molar-refractivity contribution is -0.140. The Morgan fingerprint density at radius 2 is 2.22 bits per heavy atom. The predicted octanol–water partition coefficient (Wildman–Crippen LogP) is 2.68. The largest absolute Gasteiger partial charge is 0.481 e. The Kier molecular flexibility index (Phi) is 4.83. The van der Waals surface area contributed by atoms with Crippen LogP contribution >= 0.6 is 0 Å². The van der Waals surface area contributed by atoms with Crippen molar-refractivity contribution >= 4 is 11.7 Å². The standard InChI is InChI=1S/C13H15F2NO2/c1-3-6-16(8-9(2)13(17)18)12-5-4-10(14)7-11(12)15/h3-5,7,9H,1,6,8H2,2H3,(H,17,18). The van der Waals surface area contributed by atoms with Crippen LogP contribution in [0.2, 0.25) is 0 Å². The summed E-state index contributed by atoms with van der Waals surface area (Å²) in [5, 5.41) is 8.85. The van der Waals surface area contributed by atoms with Gasteiger partial charge < -0.3 is 10.0 Å². The molecule has 0 radical (unpaired) electrons. The summed E-state index contributed by atoms with van der Waals surface area (Å²) >= 11 is 0. The maximum Gasteiger partial charge on any atom is 0.308 e. The minimum absolute atomic E-state index is 0.129. The molecule has 0 spiro atoms. The number of rotatable bonds is 6. The van der Waals surface area contributed by atoms with Crippen molar-refractivity contribution in [1.29, 1.82) is 0 Å². The van der Waals surface area contributed by atoms with Gasteiger partial charge in [-0.2, -0.15) is 0 Å². The summed E-state index contributed by atoms with van der Waals surface area (Å²) in [4.78, 5) is 12.3. The van der Waals surface area contributed by atoms with E-state index in [-0.39, 0.29) is 12.2 Å². The van der Waals surface area contributed by atoms with E-state index >= 15 is 0 Å². The van der Waals surface area contributed by atoms with Gasteiger partial charge in [0.2, 0.25) is 0 Å². The van der Waals surface area contributed by atoms with E-state index < -0.39 is 23.5 Å². The first-order valence-electron chi connectivity index (χ1n) is 5.49. The van der Waals surface area contributed by atoms with Crippen LogP contribution in [0.3, 0.4) is 0 Å². The van der Waals surface area contributed by atoms with Gasteiger partial charge in [0.1, 0.15) is 11.6 Å². The molecule has 1 atom stereocenters. The van der Waals surface area contributed by atoms with Crippen LogP contribution in [0, 0.1) is 17.6 Å². The summed E-state index contributed by atoms with van der Waals surface area (Å²) in [7, 11) is 0. The average molecular weight is 255 g/mol. The number of nitrogens with zero attached hydrogens (tertiary/aromatic N) is 1. The lowest BCUT2D eigenvalue weighted by Crippen LogP contribution is -2.32. The molecule has 0 fully saturated rings. The van der Waals surface area contributed by atoms with Gasteiger partial charge in [0, 0.05) is 19.2 Å². The highest BCUT2D eigenvalue weighted by Gasteiger charge is 2.18. The number of benzene rings is 1. The number of hydrogen-bond acceptors (Lipinski definition) is 2. The van der Waals surface area contributed by atoms with E-state index in [0.29, 0.717) is 6.54 Å². The molecule has 0 aliphatic heterocycles. The minimum atomic E-state index is -0.966. The van der Waals surface area contributed by atoms with E-state index in [9.17, 15) is 13.6 Å². The summed E-state index contributed by atoms with van der Waals surface area (Å²) in [5.74, 6) is -3.00. The predicted molar refractivity (Wildman–Crippen MR) is 65.6 cm³/mol. The average Bonchev–Trinajstić information content (AvgIpc) is 2.28. The molecule has 5 heteroatoms. The van der Waals surface area contributed by atoms with E-state index in [0.717, 1.165) is 12.1 Å². The zero-order valence-electron chi connectivity index (χ0n) is 10.1. The molecule has 18 heavy (non-hydrogen) atoms. The van der Waals surface area contributed by atoms with Gasteiger partial charge in [0.15, 0.2) is 0 Å². The highest BCUT2D eigenvalue weighted by molar-refractivity contribution is 5.70. The van der Waals surface area contributed by atoms with Crippen LogP contribution in [-0.4, -0.2) is 24.2 Å². The van der Waals surface area contributed by atoms with Gasteiger partial charge in [-0.15, -0.1) is 6.58 Å². The normalized spacial score (nSPS) is 11.9. The van der Waals surface area contributed by atoms with Gasteiger partial charge in [0.05, 0.1) is 11.6 Å². The van der Waals surface area contributed by atoms with Crippen molar-refractivity contribution in [3.05, 3.63) is 42.5 Å². The van der Waals surface area contributed by atoms with Crippen LogP contribution in [0.25, 0.3) is 0 Å². The van der Waals surface area contributed by atoms with E-state index in [1.54, 1.807) is 0 Å². The number of hydrogen-bond donors (Lipinski definition) is 1. The molecule has 0 amide bonds. The summed E-state index contributed by atoms with van der Waals surface area (Å²) in [6.45, 7) is 5.49. The minimum Gasteiger partial charge on any atom is -0.481 e. The third-order valence-electron chi connectivity index (χ3n) is 2.52. The van der Waals surface area contributed by atoms with Crippen LogP contribution in [-0.2, 0) is 4.79 Å². The van der Waals surface area contributed by atoms with Gasteiger partial charge in [-0.3, -0.25) is 4.79 Å². The van der Waals surface area contributed by atoms with Crippen molar-refractivity contribution in [3.63, 3.8) is 0 Å². The molecule has 1 N–H and O–H groups in total. The number of anilines is 1. The molecule has 0 aliphatic rings. The zero-order chi connectivity index (χ0) is 13.7. The molecule has 0 aliphatic carbocycles. The molecule has 1 aromatic carbocycles. The van der Waals surface area contributed by atoms with Crippen molar-refractivity contribution in [3.8, 4) is 0 Å². The molecule has 98 valence electrons. The summed E-state index contributed by atoms with van der Waals surface area (Å²) < 4.78 is 26.4. The molecular formula is C13H15F2NO2. The quantitative estimate of drug-likeness (QED) is 0.794. The molecule has 1 aromatic rings. The van der Waals surface area contributed by atoms with Crippen molar-refractivity contribution in [2.45, 2.75) is 6.92 Å². The molecule has 1 unspecified atom stereocenters. The number of carboxylic acid groups (broad SMARTS) is 1. The SMILES string of the molecule is C=CCN(CC(C)C(=O)O)c1ccc(F)cc1F. The fourth-order valence-corrected chi connectivity index (χ4v) is 1.57. The molecule has 3 nitrogen and oxygen atoms in total. The molecule has 0 saturated heterocycles. The topological polar surface area (TPSA) is 40.5 Å². The number of carboxylic acids is 1. The molecule has 0 heterocycles. The first-order valence-corrected chi connectivity index (χ1v) is 5.49. The summed E-state index contributed by atoms with van der Waals surface area (Å²) in [5.41, 5.74) is 0.171. The van der Waals surface area contributed by atoms with Gasteiger partial charge in [-0.05, 0) is 12.1 Å². The Labute approximate surface area is 104 Å². The smallest absolute Gasteiger partial charge is 0.308 e. The van der Waals surface area contributed by atoms with Crippen LogP contribution in [0.4, 0.5) is 14.5 Å². The van der Waals surface area contributed by atoms with E-state index in [1.807, 2.05) is 0 Å². The van der Waals surface area contributed by atoms with E-state index in [4.69, 9.17) is 5.11 Å². The molecule has 0 saturated carbocycles. The maximum absolute atomic E-state index is 13.6. The second kappa shape index (κ2) is 6.14. The Bertz CT molecular complexity index is 449. The molecular weight excluding hydrogens is 240 g/mol. The summed E-state index contributed by atoms with van der Waals surface area (Å²) in [6, 6.07) is 3.21. The lowest BCUT2D eigenvalue weighted by atomic mass is 10.1. The molecule has 0 bridgehead atoms. The monoisotopic (exact) mass is 255 g/mol. The third-order valence-corrected chi connectivity index (χ3v) is 2.52. The van der Waals surface area contributed by atoms with Crippen LogP contribution < -0.4 is 4.90 Å². The Hall–Kier alpha value is -1.91. The highest BCUT2D eigenvalue weighted by Crippen LogP contribution is 2.21. The lowest BCUT2D eigenvalue weighted by Gasteiger charge is -2.25. The Morgan fingerprint density at radius 1 is 1.56 bits per heavy atom. The Morgan fingerprint density at radius 3 is 2.72 bits per heavy atom. The number of aliphatic carboxylic acids is 1. The fourth-order valence-electron chi connectivity index (χ4n) is 1.57. The molecule has 1 rings (SSSR count). The third kappa shape index (κ3) is 3.55. The molecule has 0 aromatic heterocycles. The Balaban J connectivity index is 2.96. The first kappa shape index (κ1) is 14.2. The van der Waals surface area contributed by atoms with E-state index in [1.165, 1.54) is 24.0 Å². The van der Waals surface area contributed by atoms with Crippen LogP contribution in [0.5, 0.6) is 0 Å².